The zero-order valence-corrected chi connectivity index (χ0v) is 17.2. The fourth-order valence-electron chi connectivity index (χ4n) is 2.79. The normalized spacial score (nSPS) is 13.4. The Labute approximate surface area is 163 Å². The van der Waals surface area contributed by atoms with Crippen molar-refractivity contribution in [3.8, 4) is 0 Å². The van der Waals surface area contributed by atoms with Gasteiger partial charge < -0.3 is 19.9 Å². The lowest BCUT2D eigenvalue weighted by Crippen LogP contribution is -2.45. The fourth-order valence-corrected chi connectivity index (χ4v) is 2.79. The van der Waals surface area contributed by atoms with E-state index >= 15 is 0 Å². The van der Waals surface area contributed by atoms with Crippen molar-refractivity contribution >= 4 is 5.96 Å². The van der Waals surface area contributed by atoms with Crippen LogP contribution in [0.1, 0.15) is 38.8 Å². The third-order valence-corrected chi connectivity index (χ3v) is 4.42. The van der Waals surface area contributed by atoms with Gasteiger partial charge in [0, 0.05) is 39.1 Å². The number of aliphatic imine (C=N–C) groups is 1. The highest BCUT2D eigenvalue weighted by Gasteiger charge is 2.24. The first-order valence-electron chi connectivity index (χ1n) is 9.51. The Balaban J connectivity index is 1.93. The van der Waals surface area contributed by atoms with Crippen molar-refractivity contribution in [1.82, 2.24) is 20.2 Å². The minimum Gasteiger partial charge on any atom is -0.379 e. The van der Waals surface area contributed by atoms with E-state index in [1.165, 1.54) is 11.1 Å². The molecule has 0 bridgehead atoms. The van der Waals surface area contributed by atoms with E-state index in [4.69, 9.17) is 9.73 Å². The average molecular weight is 372 g/mol. The van der Waals surface area contributed by atoms with E-state index in [1.54, 1.807) is 13.3 Å². The SMILES string of the molecule is CCNC(=NCc1ccc(Cn2ccnc2)cc1)NCC(OC)C(C)(C)C. The Morgan fingerprint density at radius 2 is 1.89 bits per heavy atom. The van der Waals surface area contributed by atoms with Gasteiger partial charge in [-0.3, -0.25) is 0 Å². The molecule has 1 heterocycles. The first kappa shape index (κ1) is 21.0. The van der Waals surface area contributed by atoms with Gasteiger partial charge in [0.15, 0.2) is 5.96 Å². The maximum absolute atomic E-state index is 5.61. The summed E-state index contributed by atoms with van der Waals surface area (Å²) in [6.07, 6.45) is 5.71. The van der Waals surface area contributed by atoms with Crippen LogP contribution < -0.4 is 10.6 Å². The topological polar surface area (TPSA) is 63.5 Å². The predicted molar refractivity (Wildman–Crippen MR) is 111 cm³/mol. The molecule has 1 unspecified atom stereocenters. The van der Waals surface area contributed by atoms with E-state index in [0.29, 0.717) is 6.54 Å². The maximum atomic E-state index is 5.61. The van der Waals surface area contributed by atoms with Crippen LogP contribution in [-0.2, 0) is 17.8 Å². The highest BCUT2D eigenvalue weighted by Crippen LogP contribution is 2.20. The Morgan fingerprint density at radius 1 is 1.19 bits per heavy atom. The van der Waals surface area contributed by atoms with Gasteiger partial charge in [0.05, 0.1) is 19.0 Å². The summed E-state index contributed by atoms with van der Waals surface area (Å²) >= 11 is 0. The molecular formula is C21H33N5O. The van der Waals surface area contributed by atoms with Gasteiger partial charge >= 0.3 is 0 Å². The lowest BCUT2D eigenvalue weighted by molar-refractivity contribution is 0.0205. The molecule has 0 aliphatic rings. The molecule has 0 aliphatic carbocycles. The average Bonchev–Trinajstić information content (AvgIpc) is 3.13. The minimum atomic E-state index is 0.0736. The molecule has 0 radical (unpaired) electrons. The molecule has 0 saturated carbocycles. The Bertz CT molecular complexity index is 686. The lowest BCUT2D eigenvalue weighted by Gasteiger charge is -2.30. The monoisotopic (exact) mass is 371 g/mol. The van der Waals surface area contributed by atoms with Crippen LogP contribution in [0.5, 0.6) is 0 Å². The molecule has 0 saturated heterocycles. The first-order chi connectivity index (χ1) is 12.9. The van der Waals surface area contributed by atoms with Gasteiger partial charge in [-0.1, -0.05) is 45.0 Å². The second kappa shape index (κ2) is 10.1. The number of imidazole rings is 1. The molecule has 0 fully saturated rings. The number of aromatic nitrogens is 2. The molecule has 148 valence electrons. The summed E-state index contributed by atoms with van der Waals surface area (Å²) in [5.74, 6) is 0.811. The lowest BCUT2D eigenvalue weighted by atomic mass is 9.89. The Hall–Kier alpha value is -2.34. The number of hydrogen-bond donors (Lipinski definition) is 2. The van der Waals surface area contributed by atoms with Crippen molar-refractivity contribution in [2.45, 2.75) is 46.9 Å². The third kappa shape index (κ3) is 7.06. The number of rotatable bonds is 8. The molecule has 6 nitrogen and oxygen atoms in total. The molecule has 6 heteroatoms. The highest BCUT2D eigenvalue weighted by atomic mass is 16.5. The zero-order chi connectivity index (χ0) is 19.7. The Kier molecular flexibility index (Phi) is 7.85. The quantitative estimate of drug-likeness (QED) is 0.553. The van der Waals surface area contributed by atoms with Crippen molar-refractivity contribution < 1.29 is 4.74 Å². The van der Waals surface area contributed by atoms with Gasteiger partial charge in [-0.25, -0.2) is 9.98 Å². The van der Waals surface area contributed by atoms with Gasteiger partial charge in [-0.05, 0) is 23.5 Å². The summed E-state index contributed by atoms with van der Waals surface area (Å²) < 4.78 is 7.67. The van der Waals surface area contributed by atoms with Crippen molar-refractivity contribution in [1.29, 1.82) is 0 Å². The van der Waals surface area contributed by atoms with Crippen molar-refractivity contribution in [2.24, 2.45) is 10.4 Å². The van der Waals surface area contributed by atoms with Crippen molar-refractivity contribution in [3.05, 3.63) is 54.1 Å². The van der Waals surface area contributed by atoms with Crippen molar-refractivity contribution in [3.63, 3.8) is 0 Å². The number of hydrogen-bond acceptors (Lipinski definition) is 3. The van der Waals surface area contributed by atoms with E-state index in [1.807, 2.05) is 12.5 Å². The minimum absolute atomic E-state index is 0.0736. The largest absolute Gasteiger partial charge is 0.379 e. The second-order valence-electron chi connectivity index (χ2n) is 7.72. The number of nitrogens with one attached hydrogen (secondary N) is 2. The number of guanidine groups is 1. The van der Waals surface area contributed by atoms with Gasteiger partial charge in [-0.15, -0.1) is 0 Å². The molecule has 1 atom stereocenters. The molecule has 2 N–H and O–H groups in total. The molecule has 1 aromatic heterocycles. The maximum Gasteiger partial charge on any atom is 0.191 e. The number of ether oxygens (including phenoxy) is 1. The van der Waals surface area contributed by atoms with Crippen LogP contribution in [0.4, 0.5) is 0 Å². The van der Waals surface area contributed by atoms with Gasteiger partial charge in [0.25, 0.3) is 0 Å². The van der Waals surface area contributed by atoms with Crippen LogP contribution in [0.25, 0.3) is 0 Å². The van der Waals surface area contributed by atoms with Gasteiger partial charge in [0.2, 0.25) is 0 Å². The summed E-state index contributed by atoms with van der Waals surface area (Å²) in [6.45, 7) is 11.6. The Morgan fingerprint density at radius 3 is 2.44 bits per heavy atom. The van der Waals surface area contributed by atoms with Crippen LogP contribution in [0.15, 0.2) is 48.0 Å². The molecular weight excluding hydrogens is 338 g/mol. The van der Waals surface area contributed by atoms with Crippen LogP contribution in [-0.4, -0.2) is 41.8 Å². The van der Waals surface area contributed by atoms with E-state index in [0.717, 1.165) is 25.6 Å². The standard InChI is InChI=1S/C21H33N5O/c1-6-23-20(25-14-19(27-5)21(2,3)4)24-13-17-7-9-18(10-8-17)15-26-12-11-22-16-26/h7-12,16,19H,6,13-15H2,1-5H3,(H2,23,24,25). The van der Waals surface area contributed by atoms with Crippen LogP contribution in [0.3, 0.4) is 0 Å². The summed E-state index contributed by atoms with van der Waals surface area (Å²) in [7, 11) is 1.76. The summed E-state index contributed by atoms with van der Waals surface area (Å²) in [5, 5.41) is 6.69. The fraction of sp³-hybridized carbons (Fsp3) is 0.524. The molecule has 0 aliphatic heterocycles. The molecule has 1 aromatic carbocycles. The van der Waals surface area contributed by atoms with Crippen molar-refractivity contribution in [2.75, 3.05) is 20.2 Å². The zero-order valence-electron chi connectivity index (χ0n) is 17.2. The predicted octanol–water partition coefficient (Wildman–Crippen LogP) is 3.05. The van der Waals surface area contributed by atoms with E-state index in [-0.39, 0.29) is 11.5 Å². The first-order valence-corrected chi connectivity index (χ1v) is 9.51. The van der Waals surface area contributed by atoms with Gasteiger partial charge in [0.1, 0.15) is 0 Å². The molecule has 27 heavy (non-hydrogen) atoms. The van der Waals surface area contributed by atoms with Crippen LogP contribution >= 0.6 is 0 Å². The highest BCUT2D eigenvalue weighted by molar-refractivity contribution is 5.79. The van der Waals surface area contributed by atoms with Crippen LogP contribution in [0.2, 0.25) is 0 Å². The van der Waals surface area contributed by atoms with E-state index in [9.17, 15) is 0 Å². The molecule has 0 amide bonds. The van der Waals surface area contributed by atoms with Gasteiger partial charge in [-0.2, -0.15) is 0 Å². The summed E-state index contributed by atoms with van der Waals surface area (Å²) in [6, 6.07) is 8.55. The third-order valence-electron chi connectivity index (χ3n) is 4.42. The summed E-state index contributed by atoms with van der Waals surface area (Å²) in [4.78, 5) is 8.78. The van der Waals surface area contributed by atoms with Crippen LogP contribution in [0, 0.1) is 5.41 Å². The molecule has 2 rings (SSSR count). The van der Waals surface area contributed by atoms with E-state index < -0.39 is 0 Å². The number of benzene rings is 1. The number of nitrogens with zero attached hydrogens (tertiary/aromatic N) is 3. The smallest absolute Gasteiger partial charge is 0.191 e. The molecule has 0 spiro atoms. The van der Waals surface area contributed by atoms with E-state index in [2.05, 4.69) is 72.1 Å². The number of methoxy groups -OCH3 is 1. The summed E-state index contributed by atoms with van der Waals surface area (Å²) in [5.41, 5.74) is 2.50. The molecule has 2 aromatic rings. The second-order valence-corrected chi connectivity index (χ2v) is 7.72.